The molecular weight excluding hydrogens is 253 g/mol. The molecule has 1 saturated carbocycles. The number of carbonyl (C=O) groups excluding carboxylic acids is 1. The van der Waals surface area contributed by atoms with Crippen LogP contribution in [0.4, 0.5) is 4.39 Å². The second-order valence-corrected chi connectivity index (χ2v) is 5.74. The maximum absolute atomic E-state index is 13.5. The van der Waals surface area contributed by atoms with Gasteiger partial charge in [0.2, 0.25) is 5.91 Å². The van der Waals surface area contributed by atoms with Gasteiger partial charge < -0.3 is 4.90 Å². The molecule has 0 saturated heterocycles. The summed E-state index contributed by atoms with van der Waals surface area (Å²) in [5, 5.41) is 0. The number of nitrogens with zero attached hydrogens (tertiary/aromatic N) is 1. The van der Waals surface area contributed by atoms with E-state index in [0.717, 1.165) is 12.8 Å². The number of rotatable bonds is 4. The van der Waals surface area contributed by atoms with Gasteiger partial charge in [0, 0.05) is 19.5 Å². The maximum atomic E-state index is 13.5. The van der Waals surface area contributed by atoms with Gasteiger partial charge in [0.25, 0.3) is 0 Å². The molecule has 1 aromatic rings. The van der Waals surface area contributed by atoms with Gasteiger partial charge in [0.05, 0.1) is 0 Å². The van der Waals surface area contributed by atoms with Gasteiger partial charge >= 0.3 is 0 Å². The molecule has 1 fully saturated rings. The lowest BCUT2D eigenvalue weighted by atomic mass is 10.1. The number of aryl methyl sites for hydroxylation is 1. The van der Waals surface area contributed by atoms with Crippen LogP contribution in [0, 0.1) is 5.82 Å². The van der Waals surface area contributed by atoms with Gasteiger partial charge in [-0.15, -0.1) is 0 Å². The number of amides is 1. The van der Waals surface area contributed by atoms with Crippen LogP contribution in [0.25, 0.3) is 0 Å². The second kappa shape index (κ2) is 7.41. The molecule has 0 heterocycles. The maximum Gasteiger partial charge on any atom is 0.222 e. The van der Waals surface area contributed by atoms with Crippen molar-refractivity contribution < 1.29 is 9.18 Å². The third-order valence-corrected chi connectivity index (χ3v) is 4.33. The van der Waals surface area contributed by atoms with Gasteiger partial charge in [-0.1, -0.05) is 43.9 Å². The number of halogens is 1. The van der Waals surface area contributed by atoms with E-state index in [1.54, 1.807) is 12.1 Å². The third kappa shape index (κ3) is 4.06. The SMILES string of the molecule is CN(C(=O)CCc1ccccc1F)C1CCCCCC1. The summed E-state index contributed by atoms with van der Waals surface area (Å²) < 4.78 is 13.5. The van der Waals surface area contributed by atoms with Crippen molar-refractivity contribution in [3.05, 3.63) is 35.6 Å². The summed E-state index contributed by atoms with van der Waals surface area (Å²) in [6.07, 6.45) is 8.12. The van der Waals surface area contributed by atoms with Gasteiger partial charge in [0.15, 0.2) is 0 Å². The molecule has 0 radical (unpaired) electrons. The van der Waals surface area contributed by atoms with E-state index in [-0.39, 0.29) is 11.7 Å². The molecule has 1 aliphatic carbocycles. The summed E-state index contributed by atoms with van der Waals surface area (Å²) in [5.74, 6) is -0.0717. The van der Waals surface area contributed by atoms with E-state index < -0.39 is 0 Å². The lowest BCUT2D eigenvalue weighted by molar-refractivity contribution is -0.132. The molecule has 0 N–H and O–H groups in total. The minimum atomic E-state index is -0.211. The summed E-state index contributed by atoms with van der Waals surface area (Å²) in [6.45, 7) is 0. The minimum Gasteiger partial charge on any atom is -0.343 e. The Morgan fingerprint density at radius 2 is 1.85 bits per heavy atom. The molecule has 1 aliphatic rings. The van der Waals surface area contributed by atoms with Gasteiger partial charge in [-0.3, -0.25) is 4.79 Å². The number of hydrogen-bond acceptors (Lipinski definition) is 1. The van der Waals surface area contributed by atoms with Crippen molar-refractivity contribution in [3.63, 3.8) is 0 Å². The normalized spacial score (nSPS) is 16.7. The molecule has 0 spiro atoms. The Kier molecular flexibility index (Phi) is 5.57. The summed E-state index contributed by atoms with van der Waals surface area (Å²) in [5.41, 5.74) is 0.634. The van der Waals surface area contributed by atoms with E-state index in [1.165, 1.54) is 31.7 Å². The molecule has 20 heavy (non-hydrogen) atoms. The highest BCUT2D eigenvalue weighted by Gasteiger charge is 2.21. The molecule has 0 unspecified atom stereocenters. The van der Waals surface area contributed by atoms with Crippen LogP contribution in [0.3, 0.4) is 0 Å². The highest BCUT2D eigenvalue weighted by Crippen LogP contribution is 2.21. The summed E-state index contributed by atoms with van der Waals surface area (Å²) >= 11 is 0. The largest absolute Gasteiger partial charge is 0.343 e. The van der Waals surface area contributed by atoms with Crippen LogP contribution in [0.5, 0.6) is 0 Å². The molecule has 0 atom stereocenters. The van der Waals surface area contributed by atoms with E-state index in [2.05, 4.69) is 0 Å². The van der Waals surface area contributed by atoms with Crippen LogP contribution >= 0.6 is 0 Å². The highest BCUT2D eigenvalue weighted by atomic mass is 19.1. The van der Waals surface area contributed by atoms with Crippen LogP contribution in [0.15, 0.2) is 24.3 Å². The minimum absolute atomic E-state index is 0.139. The standard InChI is InChI=1S/C17H24FNO/c1-19(15-9-4-2-3-5-10-15)17(20)13-12-14-8-6-7-11-16(14)18/h6-8,11,15H,2-5,9-10,12-13H2,1H3. The Morgan fingerprint density at radius 3 is 2.50 bits per heavy atom. The smallest absolute Gasteiger partial charge is 0.222 e. The molecule has 2 rings (SSSR count). The Hall–Kier alpha value is -1.38. The fraction of sp³-hybridized carbons (Fsp3) is 0.588. The number of hydrogen-bond donors (Lipinski definition) is 0. The zero-order valence-corrected chi connectivity index (χ0v) is 12.3. The van der Waals surface area contributed by atoms with Gasteiger partial charge in [-0.25, -0.2) is 4.39 Å². The fourth-order valence-electron chi connectivity index (χ4n) is 2.97. The summed E-state index contributed by atoms with van der Waals surface area (Å²) in [7, 11) is 1.90. The zero-order chi connectivity index (χ0) is 14.4. The first kappa shape index (κ1) is 15.0. The van der Waals surface area contributed by atoms with Crippen molar-refractivity contribution in [2.75, 3.05) is 7.05 Å². The van der Waals surface area contributed by atoms with E-state index in [0.29, 0.717) is 24.4 Å². The van der Waals surface area contributed by atoms with Crippen molar-refractivity contribution in [1.29, 1.82) is 0 Å². The van der Waals surface area contributed by atoms with E-state index in [9.17, 15) is 9.18 Å². The Labute approximate surface area is 121 Å². The van der Waals surface area contributed by atoms with Crippen LogP contribution in [0.2, 0.25) is 0 Å². The van der Waals surface area contributed by atoms with Crippen molar-refractivity contribution in [1.82, 2.24) is 4.90 Å². The second-order valence-electron chi connectivity index (χ2n) is 5.74. The van der Waals surface area contributed by atoms with Crippen molar-refractivity contribution in [2.24, 2.45) is 0 Å². The summed E-state index contributed by atoms with van der Waals surface area (Å²) in [4.78, 5) is 14.1. The molecular formula is C17H24FNO. The zero-order valence-electron chi connectivity index (χ0n) is 12.3. The Bertz CT molecular complexity index is 438. The monoisotopic (exact) mass is 277 g/mol. The first-order chi connectivity index (χ1) is 9.68. The molecule has 1 aromatic carbocycles. The van der Waals surface area contributed by atoms with Gasteiger partial charge in [0.1, 0.15) is 5.82 Å². The summed E-state index contributed by atoms with van der Waals surface area (Å²) in [6, 6.07) is 7.09. The van der Waals surface area contributed by atoms with E-state index in [1.807, 2.05) is 18.0 Å². The molecule has 1 amide bonds. The Morgan fingerprint density at radius 1 is 1.20 bits per heavy atom. The number of benzene rings is 1. The van der Waals surface area contributed by atoms with Gasteiger partial charge in [-0.2, -0.15) is 0 Å². The molecule has 2 nitrogen and oxygen atoms in total. The fourth-order valence-corrected chi connectivity index (χ4v) is 2.97. The van der Waals surface area contributed by atoms with Crippen molar-refractivity contribution in [3.8, 4) is 0 Å². The predicted molar refractivity (Wildman–Crippen MR) is 79.0 cm³/mol. The topological polar surface area (TPSA) is 20.3 Å². The predicted octanol–water partition coefficient (Wildman–Crippen LogP) is 3.94. The lowest BCUT2D eigenvalue weighted by Gasteiger charge is -2.27. The van der Waals surface area contributed by atoms with Crippen molar-refractivity contribution in [2.45, 2.75) is 57.4 Å². The van der Waals surface area contributed by atoms with Crippen LogP contribution in [-0.2, 0) is 11.2 Å². The van der Waals surface area contributed by atoms with Crippen LogP contribution in [-0.4, -0.2) is 23.9 Å². The first-order valence-corrected chi connectivity index (χ1v) is 7.67. The molecule has 110 valence electrons. The van der Waals surface area contributed by atoms with Gasteiger partial charge in [-0.05, 0) is 30.9 Å². The third-order valence-electron chi connectivity index (χ3n) is 4.33. The molecule has 0 aromatic heterocycles. The lowest BCUT2D eigenvalue weighted by Crippen LogP contribution is -2.36. The quantitative estimate of drug-likeness (QED) is 0.763. The molecule has 3 heteroatoms. The average molecular weight is 277 g/mol. The molecule has 0 bridgehead atoms. The Balaban J connectivity index is 1.86. The first-order valence-electron chi connectivity index (χ1n) is 7.67. The average Bonchev–Trinajstić information content (AvgIpc) is 2.74. The van der Waals surface area contributed by atoms with E-state index >= 15 is 0 Å². The number of carbonyl (C=O) groups is 1. The van der Waals surface area contributed by atoms with Crippen molar-refractivity contribution >= 4 is 5.91 Å². The van der Waals surface area contributed by atoms with Crippen LogP contribution < -0.4 is 0 Å². The van der Waals surface area contributed by atoms with Crippen LogP contribution in [0.1, 0.15) is 50.5 Å². The van der Waals surface area contributed by atoms with E-state index in [4.69, 9.17) is 0 Å². The highest BCUT2D eigenvalue weighted by molar-refractivity contribution is 5.76. The molecule has 0 aliphatic heterocycles.